The zero-order valence-corrected chi connectivity index (χ0v) is 16.6. The van der Waals surface area contributed by atoms with Crippen LogP contribution < -0.4 is 11.2 Å². The molecule has 3 rings (SSSR count). The van der Waals surface area contributed by atoms with Crippen LogP contribution in [0, 0.1) is 0 Å². The van der Waals surface area contributed by atoms with Crippen LogP contribution in [-0.4, -0.2) is 24.5 Å². The fourth-order valence-corrected chi connectivity index (χ4v) is 3.36. The minimum absolute atomic E-state index is 0.0292. The van der Waals surface area contributed by atoms with E-state index in [9.17, 15) is 14.4 Å². The molecule has 2 aromatic heterocycles. The van der Waals surface area contributed by atoms with Crippen LogP contribution in [0.2, 0.25) is 0 Å². The summed E-state index contributed by atoms with van der Waals surface area (Å²) in [6.07, 6.45) is 0. The Bertz CT molecular complexity index is 1120. The van der Waals surface area contributed by atoms with E-state index in [0.29, 0.717) is 21.9 Å². The number of rotatable bonds is 4. The highest BCUT2D eigenvalue weighted by molar-refractivity contribution is 9.10. The first-order chi connectivity index (χ1) is 12.2. The number of benzene rings is 1. The Labute approximate surface area is 158 Å². The number of halogens is 1. The van der Waals surface area contributed by atoms with E-state index in [1.165, 1.54) is 16.2 Å². The molecule has 0 atom stereocenters. The molecule has 0 unspecified atom stereocenters. The number of aryl methyl sites for hydroxylation is 1. The molecule has 0 aliphatic carbocycles. The van der Waals surface area contributed by atoms with Crippen molar-refractivity contribution in [2.24, 2.45) is 14.1 Å². The molecule has 0 saturated heterocycles. The van der Waals surface area contributed by atoms with Gasteiger partial charge in [0.1, 0.15) is 0 Å². The fourth-order valence-electron chi connectivity index (χ4n) is 2.89. The van der Waals surface area contributed by atoms with E-state index in [1.807, 2.05) is 12.1 Å². The van der Waals surface area contributed by atoms with E-state index in [2.05, 4.69) is 34.8 Å². The number of carbonyl (C=O) groups excluding carboxylic acids is 1. The van der Waals surface area contributed by atoms with E-state index in [-0.39, 0.29) is 17.8 Å². The monoisotopic (exact) mass is 418 g/mol. The van der Waals surface area contributed by atoms with Crippen molar-refractivity contribution in [1.29, 1.82) is 0 Å². The zero-order valence-electron chi connectivity index (χ0n) is 15.0. The Morgan fingerprint density at radius 1 is 1.12 bits per heavy atom. The Morgan fingerprint density at radius 2 is 1.73 bits per heavy atom. The summed E-state index contributed by atoms with van der Waals surface area (Å²) in [4.78, 5) is 41.4. The number of hydrogen-bond acceptors (Lipinski definition) is 4. The molecule has 0 N–H and O–H groups in total. The Hall–Kier alpha value is -2.48. The second-order valence-corrected chi connectivity index (χ2v) is 7.25. The molecule has 0 fully saturated rings. The molecule has 7 nitrogen and oxygen atoms in total. The molecule has 136 valence electrons. The molecule has 0 radical (unpaired) electrons. The summed E-state index contributed by atoms with van der Waals surface area (Å²) >= 11 is 3.29. The van der Waals surface area contributed by atoms with Gasteiger partial charge >= 0.3 is 5.69 Å². The van der Waals surface area contributed by atoms with Gasteiger partial charge in [-0.2, -0.15) is 0 Å². The number of fused-ring (bicyclic) bond motifs is 1. The van der Waals surface area contributed by atoms with Gasteiger partial charge in [-0.1, -0.05) is 38.1 Å². The van der Waals surface area contributed by atoms with Crippen molar-refractivity contribution in [3.63, 3.8) is 0 Å². The third-order valence-corrected chi connectivity index (χ3v) is 5.10. The van der Waals surface area contributed by atoms with Crippen LogP contribution in [0.25, 0.3) is 11.2 Å². The quantitative estimate of drug-likeness (QED) is 0.480. The van der Waals surface area contributed by atoms with Gasteiger partial charge in [0.2, 0.25) is 0 Å². The lowest BCUT2D eigenvalue weighted by atomic mass is 10.0. The van der Waals surface area contributed by atoms with Crippen molar-refractivity contribution in [1.82, 2.24) is 18.7 Å². The van der Waals surface area contributed by atoms with Gasteiger partial charge in [0.05, 0.1) is 6.54 Å². The summed E-state index contributed by atoms with van der Waals surface area (Å²) in [5, 5.41) is 0. The van der Waals surface area contributed by atoms with Crippen molar-refractivity contribution in [3.05, 3.63) is 61.0 Å². The third-order valence-electron chi connectivity index (χ3n) is 4.49. The topological polar surface area (TPSA) is 78.9 Å². The first-order valence-electron chi connectivity index (χ1n) is 8.17. The minimum atomic E-state index is -0.490. The maximum absolute atomic E-state index is 12.7. The van der Waals surface area contributed by atoms with E-state index >= 15 is 0 Å². The summed E-state index contributed by atoms with van der Waals surface area (Å²) in [7, 11) is 2.95. The average Bonchev–Trinajstić information content (AvgIpc) is 2.94. The first kappa shape index (κ1) is 18.3. The molecule has 0 spiro atoms. The Kier molecular flexibility index (Phi) is 4.70. The zero-order chi connectivity index (χ0) is 19.2. The third kappa shape index (κ3) is 2.94. The Balaban J connectivity index is 2.06. The molecule has 0 aliphatic heterocycles. The van der Waals surface area contributed by atoms with Crippen molar-refractivity contribution < 1.29 is 4.79 Å². The van der Waals surface area contributed by atoms with Crippen LogP contribution in [0.3, 0.4) is 0 Å². The van der Waals surface area contributed by atoms with E-state index in [4.69, 9.17) is 0 Å². The van der Waals surface area contributed by atoms with E-state index < -0.39 is 11.2 Å². The normalized spacial score (nSPS) is 11.5. The molecule has 26 heavy (non-hydrogen) atoms. The largest absolute Gasteiger partial charge is 0.332 e. The van der Waals surface area contributed by atoms with Gasteiger partial charge in [0.15, 0.2) is 21.7 Å². The smallest absolute Gasteiger partial charge is 0.296 e. The molecular formula is C18H19BrN4O3. The Morgan fingerprint density at radius 3 is 2.31 bits per heavy atom. The van der Waals surface area contributed by atoms with Crippen molar-refractivity contribution >= 4 is 32.9 Å². The van der Waals surface area contributed by atoms with Gasteiger partial charge < -0.3 is 0 Å². The number of imidazole rings is 1. The SMILES string of the molecule is CC(C)c1ccc(C(=O)Cn2c(Br)nc3c(=O)n(C)c(=O)n(C)c32)cc1. The number of Topliss-reactive ketones (excluding diaryl/α,β-unsaturated/α-hetero) is 1. The second kappa shape index (κ2) is 6.68. The molecule has 8 heteroatoms. The number of hydrogen-bond donors (Lipinski definition) is 0. The minimum Gasteiger partial charge on any atom is -0.296 e. The second-order valence-electron chi connectivity index (χ2n) is 6.54. The van der Waals surface area contributed by atoms with Crippen LogP contribution in [0.1, 0.15) is 35.7 Å². The highest BCUT2D eigenvalue weighted by atomic mass is 79.9. The lowest BCUT2D eigenvalue weighted by molar-refractivity contribution is 0.0972. The molecule has 3 aromatic rings. The van der Waals surface area contributed by atoms with Crippen LogP contribution in [-0.2, 0) is 20.6 Å². The van der Waals surface area contributed by atoms with Gasteiger partial charge in [-0.25, -0.2) is 9.78 Å². The fraction of sp³-hybridized carbons (Fsp3) is 0.333. The average molecular weight is 419 g/mol. The lowest BCUT2D eigenvalue weighted by Gasteiger charge is -2.10. The predicted molar refractivity (Wildman–Crippen MR) is 103 cm³/mol. The van der Waals surface area contributed by atoms with Crippen LogP contribution in [0.15, 0.2) is 38.6 Å². The van der Waals surface area contributed by atoms with Gasteiger partial charge in [0, 0.05) is 19.7 Å². The maximum Gasteiger partial charge on any atom is 0.332 e. The highest BCUT2D eigenvalue weighted by Gasteiger charge is 2.20. The van der Waals surface area contributed by atoms with Crippen LogP contribution in [0.5, 0.6) is 0 Å². The molecule has 0 bridgehead atoms. The standard InChI is InChI=1S/C18H19BrN4O3/c1-10(2)11-5-7-12(8-6-11)13(24)9-23-15-14(20-17(23)19)16(25)22(4)18(26)21(15)3/h5-8,10H,9H2,1-4H3. The number of carbonyl (C=O) groups is 1. The summed E-state index contributed by atoms with van der Waals surface area (Å²) < 4.78 is 4.19. The number of ketones is 1. The van der Waals surface area contributed by atoms with Gasteiger partial charge in [0.25, 0.3) is 5.56 Å². The maximum atomic E-state index is 12.7. The van der Waals surface area contributed by atoms with Gasteiger partial charge in [-0.15, -0.1) is 0 Å². The molecule has 2 heterocycles. The molecule has 1 aromatic carbocycles. The molecular weight excluding hydrogens is 400 g/mol. The van der Waals surface area contributed by atoms with Gasteiger partial charge in [-0.3, -0.25) is 23.3 Å². The highest BCUT2D eigenvalue weighted by Crippen LogP contribution is 2.19. The van der Waals surface area contributed by atoms with Crippen molar-refractivity contribution in [3.8, 4) is 0 Å². The lowest BCUT2D eigenvalue weighted by Crippen LogP contribution is -2.37. The summed E-state index contributed by atoms with van der Waals surface area (Å²) in [5.41, 5.74) is 1.22. The molecule has 0 amide bonds. The van der Waals surface area contributed by atoms with Gasteiger partial charge in [-0.05, 0) is 27.4 Å². The number of aromatic nitrogens is 4. The van der Waals surface area contributed by atoms with E-state index in [0.717, 1.165) is 10.1 Å². The summed E-state index contributed by atoms with van der Waals surface area (Å²) in [6, 6.07) is 7.46. The molecule has 0 saturated carbocycles. The summed E-state index contributed by atoms with van der Waals surface area (Å²) in [5.74, 6) is 0.255. The van der Waals surface area contributed by atoms with Crippen molar-refractivity contribution in [2.45, 2.75) is 26.3 Å². The molecule has 0 aliphatic rings. The van der Waals surface area contributed by atoms with Crippen LogP contribution in [0.4, 0.5) is 0 Å². The predicted octanol–water partition coefficient (Wildman–Crippen LogP) is 2.20. The van der Waals surface area contributed by atoms with Crippen LogP contribution >= 0.6 is 15.9 Å². The number of nitrogens with zero attached hydrogens (tertiary/aromatic N) is 4. The van der Waals surface area contributed by atoms with E-state index in [1.54, 1.807) is 19.2 Å². The summed E-state index contributed by atoms with van der Waals surface area (Å²) in [6.45, 7) is 4.15. The first-order valence-corrected chi connectivity index (χ1v) is 8.96. The van der Waals surface area contributed by atoms with Crippen molar-refractivity contribution in [2.75, 3.05) is 0 Å².